The zero-order valence-electron chi connectivity index (χ0n) is 29.0. The maximum absolute atomic E-state index is 2.83. The number of fused-ring (bicyclic) bond motifs is 3. The van der Waals surface area contributed by atoms with Crippen LogP contribution < -0.4 is 28.1 Å². The second-order valence-corrected chi connectivity index (χ2v) is 21.7. The number of halogens is 2. The van der Waals surface area contributed by atoms with Crippen LogP contribution in [-0.2, 0) is 38.5 Å². The Morgan fingerprint density at radius 3 is 1.67 bits per heavy atom. The van der Waals surface area contributed by atoms with E-state index in [1.165, 1.54) is 39.0 Å². The molecule has 0 bridgehead atoms. The van der Waals surface area contributed by atoms with Crippen LogP contribution in [0, 0.1) is 5.41 Å². The first-order chi connectivity index (χ1) is 20.7. The number of allylic oxidation sites excluding steroid dienone is 4. The van der Waals surface area contributed by atoms with Gasteiger partial charge in [0.2, 0.25) is 0 Å². The summed E-state index contributed by atoms with van der Waals surface area (Å²) in [6, 6.07) is 34.9. The normalized spacial score (nSPS) is 13.7. The van der Waals surface area contributed by atoms with E-state index >= 15 is 0 Å². The molecule has 0 N–H and O–H groups in total. The third kappa shape index (κ3) is 7.09. The molecule has 0 radical (unpaired) electrons. The van der Waals surface area contributed by atoms with Gasteiger partial charge in [0.05, 0.1) is 0 Å². The van der Waals surface area contributed by atoms with Gasteiger partial charge in [0.1, 0.15) is 0 Å². The molecule has 4 aromatic rings. The zero-order chi connectivity index (χ0) is 31.4. The largest absolute Gasteiger partial charge is 1.00 e. The monoisotopic (exact) mass is 724 g/mol. The van der Waals surface area contributed by atoms with Crippen LogP contribution in [-0.4, -0.2) is 3.21 Å². The van der Waals surface area contributed by atoms with Crippen molar-refractivity contribution < 1.29 is 46.1 Å². The van der Waals surface area contributed by atoms with Crippen molar-refractivity contribution in [3.63, 3.8) is 0 Å². The van der Waals surface area contributed by atoms with Crippen molar-refractivity contribution in [2.24, 2.45) is 5.41 Å². The fraction of sp³-hybridized carbons (Fsp3) is 0.326. The molecule has 0 nitrogen and oxygen atoms in total. The van der Waals surface area contributed by atoms with Crippen LogP contribution in [0.3, 0.4) is 0 Å². The van der Waals surface area contributed by atoms with Gasteiger partial charge in [0, 0.05) is 0 Å². The minimum Gasteiger partial charge on any atom is -1.00 e. The summed E-state index contributed by atoms with van der Waals surface area (Å²) in [5.41, 5.74) is 13.6. The molecule has 46 heavy (non-hydrogen) atoms. The predicted molar refractivity (Wildman–Crippen MR) is 188 cm³/mol. The Morgan fingerprint density at radius 1 is 0.609 bits per heavy atom. The summed E-state index contributed by atoms with van der Waals surface area (Å²) in [7, 11) is 0. The summed E-state index contributed by atoms with van der Waals surface area (Å²) < 4.78 is 5.02. The zero-order valence-corrected chi connectivity index (χ0v) is 33.0. The van der Waals surface area contributed by atoms with Gasteiger partial charge in [-0.1, -0.05) is 0 Å². The molecule has 0 fully saturated rings. The van der Waals surface area contributed by atoms with Crippen molar-refractivity contribution in [3.05, 3.63) is 145 Å². The number of rotatable bonds is 4. The Hall–Kier alpha value is -2.31. The SMILES string of the molecule is CC(C)(C)C1=CC[C]([Zr+2](=[C](c2ccccc2)c2ccccc2)[c]2c(C(C)(C)C)ccc3c2Cc2cc(C(C)(C)C)ccc2-3)=C1.[Cl-].[Cl-]. The van der Waals surface area contributed by atoms with Crippen LogP contribution in [0.5, 0.6) is 0 Å². The van der Waals surface area contributed by atoms with Crippen molar-refractivity contribution in [3.8, 4) is 11.1 Å². The Labute approximate surface area is 298 Å². The quantitative estimate of drug-likeness (QED) is 0.254. The predicted octanol–water partition coefficient (Wildman–Crippen LogP) is 4.63. The van der Waals surface area contributed by atoms with Crippen molar-refractivity contribution in [2.75, 3.05) is 0 Å². The fourth-order valence-corrected chi connectivity index (χ4v) is 16.0. The maximum Gasteiger partial charge on any atom is -1.00 e. The molecule has 0 aliphatic heterocycles. The summed E-state index contributed by atoms with van der Waals surface area (Å²) in [5.74, 6) is 0. The third-order valence-electron chi connectivity index (χ3n) is 9.43. The van der Waals surface area contributed by atoms with E-state index < -0.39 is 21.3 Å². The average molecular weight is 727 g/mol. The Bertz CT molecular complexity index is 1780. The van der Waals surface area contributed by atoms with Crippen molar-refractivity contribution in [1.82, 2.24) is 0 Å². The van der Waals surface area contributed by atoms with Crippen LogP contribution in [0.15, 0.2) is 112 Å². The first-order valence-corrected chi connectivity index (χ1v) is 20.0. The molecule has 0 heterocycles. The summed E-state index contributed by atoms with van der Waals surface area (Å²) >= 11 is -2.83. The second kappa shape index (κ2) is 13.7. The first-order valence-electron chi connectivity index (χ1n) is 16.3. The molecule has 4 aromatic carbocycles. The van der Waals surface area contributed by atoms with Gasteiger partial charge in [-0.15, -0.1) is 0 Å². The van der Waals surface area contributed by atoms with E-state index in [2.05, 4.69) is 165 Å². The van der Waals surface area contributed by atoms with E-state index in [9.17, 15) is 0 Å². The maximum atomic E-state index is 2.63. The van der Waals surface area contributed by atoms with Crippen LogP contribution in [0.1, 0.15) is 102 Å². The van der Waals surface area contributed by atoms with E-state index in [4.69, 9.17) is 0 Å². The number of benzene rings is 4. The molecule has 238 valence electrons. The van der Waals surface area contributed by atoms with Crippen molar-refractivity contribution in [2.45, 2.75) is 86.0 Å². The third-order valence-corrected chi connectivity index (χ3v) is 17.1. The van der Waals surface area contributed by atoms with Gasteiger partial charge >= 0.3 is 276 Å². The number of hydrogen-bond donors (Lipinski definition) is 0. The molecule has 3 heteroatoms. The molecule has 2 aliphatic carbocycles. The standard InChI is InChI=1S/C21H25.C13H10.C9H13.2ClH.Zr/c1-20(2,3)16-7-9-18-14(12-16)11-15-13-17(21(4,5)6)8-10-19(15)18;1-3-7-12(8-4-1)11-13-9-5-2-6-10-13;1-9(2,3)8-6-4-5-7-8;;;/h7-10,12H,11H2,1-6H3;1-10H;6-7H,4H2,1-3H3;2*1H;/q;;;;;+2/p-2. The Morgan fingerprint density at radius 2 is 1.17 bits per heavy atom. The first kappa shape index (κ1) is 36.5. The van der Waals surface area contributed by atoms with Crippen LogP contribution in [0.2, 0.25) is 0 Å². The summed E-state index contributed by atoms with van der Waals surface area (Å²) in [4.78, 5) is 0. The van der Waals surface area contributed by atoms with E-state index in [-0.39, 0.29) is 41.1 Å². The van der Waals surface area contributed by atoms with Crippen molar-refractivity contribution >= 4 is 6.48 Å². The molecule has 0 saturated carbocycles. The van der Waals surface area contributed by atoms with E-state index in [1.54, 1.807) is 20.9 Å². The Kier molecular flexibility index (Phi) is 10.9. The van der Waals surface area contributed by atoms with E-state index in [1.807, 2.05) is 0 Å². The van der Waals surface area contributed by atoms with Gasteiger partial charge in [0.15, 0.2) is 0 Å². The topological polar surface area (TPSA) is 0 Å². The summed E-state index contributed by atoms with van der Waals surface area (Å²) in [5, 5.41) is 0. The molecule has 0 aromatic heterocycles. The molecular formula is C43H48Cl2Zr. The molecule has 2 aliphatic rings. The van der Waals surface area contributed by atoms with Gasteiger partial charge in [-0.3, -0.25) is 0 Å². The minimum atomic E-state index is -2.83. The molecule has 0 spiro atoms. The van der Waals surface area contributed by atoms with Gasteiger partial charge in [-0.05, 0) is 0 Å². The van der Waals surface area contributed by atoms with Gasteiger partial charge < -0.3 is 24.8 Å². The van der Waals surface area contributed by atoms with Gasteiger partial charge in [-0.25, -0.2) is 0 Å². The van der Waals surface area contributed by atoms with Gasteiger partial charge in [-0.2, -0.15) is 0 Å². The smallest absolute Gasteiger partial charge is 1.00 e. The second-order valence-electron chi connectivity index (χ2n) is 15.8. The van der Waals surface area contributed by atoms with Crippen LogP contribution in [0.25, 0.3) is 11.1 Å². The molecular weight excluding hydrogens is 679 g/mol. The Balaban J connectivity index is 0.00000240. The molecule has 0 saturated heterocycles. The molecule has 0 unspecified atom stereocenters. The summed E-state index contributed by atoms with van der Waals surface area (Å²) in [6.07, 6.45) is 7.26. The van der Waals surface area contributed by atoms with Gasteiger partial charge in [0.25, 0.3) is 0 Å². The van der Waals surface area contributed by atoms with Crippen LogP contribution in [0.4, 0.5) is 0 Å². The molecule has 0 amide bonds. The van der Waals surface area contributed by atoms with Crippen molar-refractivity contribution in [1.29, 1.82) is 0 Å². The number of hydrogen-bond acceptors (Lipinski definition) is 0. The van der Waals surface area contributed by atoms with Crippen LogP contribution >= 0.6 is 0 Å². The minimum absolute atomic E-state index is 0. The fourth-order valence-electron chi connectivity index (χ4n) is 6.99. The van der Waals surface area contributed by atoms with E-state index in [0.29, 0.717) is 0 Å². The molecule has 6 rings (SSSR count). The summed E-state index contributed by atoms with van der Waals surface area (Å²) in [6.45, 7) is 21.4. The molecule has 0 atom stereocenters. The van der Waals surface area contributed by atoms with E-state index in [0.717, 1.165) is 12.8 Å². The average Bonchev–Trinajstić information content (AvgIpc) is 3.61.